The van der Waals surface area contributed by atoms with E-state index in [1.165, 1.54) is 0 Å². The Morgan fingerprint density at radius 3 is 2.90 bits per heavy atom. The summed E-state index contributed by atoms with van der Waals surface area (Å²) in [6, 6.07) is 5.87. The molecule has 0 bridgehead atoms. The molecule has 3 rings (SSSR count). The van der Waals surface area contributed by atoms with Crippen molar-refractivity contribution < 1.29 is 4.79 Å². The monoisotopic (exact) mass is 269 g/mol. The van der Waals surface area contributed by atoms with Gasteiger partial charge in [0.2, 0.25) is 5.91 Å². The molecule has 0 radical (unpaired) electrons. The first kappa shape index (κ1) is 12.5. The van der Waals surface area contributed by atoms with Gasteiger partial charge in [-0.05, 0) is 31.0 Å². The average molecular weight is 269 g/mol. The zero-order valence-electron chi connectivity index (χ0n) is 11.4. The van der Waals surface area contributed by atoms with Crippen molar-refractivity contribution >= 4 is 17.4 Å². The predicted molar refractivity (Wildman–Crippen MR) is 76.5 cm³/mol. The summed E-state index contributed by atoms with van der Waals surface area (Å²) < 4.78 is 0. The zero-order valence-corrected chi connectivity index (χ0v) is 11.4. The number of carbonyl (C=O) groups excluding carboxylic acids is 1. The van der Waals surface area contributed by atoms with Gasteiger partial charge in [-0.15, -0.1) is 10.2 Å². The molecule has 6 nitrogen and oxygen atoms in total. The minimum atomic E-state index is 0.0676. The lowest BCUT2D eigenvalue weighted by molar-refractivity contribution is -0.116. The first-order valence-corrected chi connectivity index (χ1v) is 6.49. The molecule has 1 aromatic carbocycles. The number of rotatable bonds is 2. The van der Waals surface area contributed by atoms with Crippen LogP contribution in [0.3, 0.4) is 0 Å². The van der Waals surface area contributed by atoms with Gasteiger partial charge in [0.25, 0.3) is 0 Å². The maximum Gasteiger partial charge on any atom is 0.224 e. The van der Waals surface area contributed by atoms with Crippen molar-refractivity contribution in [3.05, 3.63) is 29.6 Å². The second kappa shape index (κ2) is 4.88. The molecule has 1 aliphatic heterocycles. The lowest BCUT2D eigenvalue weighted by atomic mass is 9.99. The second-order valence-corrected chi connectivity index (χ2v) is 4.73. The van der Waals surface area contributed by atoms with Crippen LogP contribution in [0.2, 0.25) is 0 Å². The Morgan fingerprint density at radius 2 is 2.10 bits per heavy atom. The van der Waals surface area contributed by atoms with Crippen LogP contribution >= 0.6 is 0 Å². The summed E-state index contributed by atoms with van der Waals surface area (Å²) in [5.74, 6) is 1.40. The highest BCUT2D eigenvalue weighted by molar-refractivity contribution is 5.94. The van der Waals surface area contributed by atoms with Gasteiger partial charge in [-0.25, -0.2) is 4.98 Å². The van der Waals surface area contributed by atoms with Gasteiger partial charge in [0.1, 0.15) is 11.5 Å². The highest BCUT2D eigenvalue weighted by Gasteiger charge is 2.17. The molecular weight excluding hydrogens is 254 g/mol. The Kier molecular flexibility index (Phi) is 3.06. The van der Waals surface area contributed by atoms with Crippen molar-refractivity contribution in [2.24, 2.45) is 0 Å². The number of aromatic nitrogens is 3. The smallest absolute Gasteiger partial charge is 0.224 e. The molecule has 1 amide bonds. The normalized spacial score (nSPS) is 13.6. The summed E-state index contributed by atoms with van der Waals surface area (Å²) in [6.07, 6.45) is 1.27. The van der Waals surface area contributed by atoms with Gasteiger partial charge in [-0.1, -0.05) is 6.07 Å². The Balaban J connectivity index is 2.05. The molecule has 0 spiro atoms. The van der Waals surface area contributed by atoms with Crippen LogP contribution < -0.4 is 10.6 Å². The topological polar surface area (TPSA) is 79.8 Å². The zero-order chi connectivity index (χ0) is 14.1. The minimum Gasteiger partial charge on any atom is -0.371 e. The Bertz CT molecular complexity index is 683. The molecular formula is C14H15N5O. The quantitative estimate of drug-likeness (QED) is 0.868. The van der Waals surface area contributed by atoms with Crippen LogP contribution in [-0.4, -0.2) is 28.1 Å². The molecule has 2 N–H and O–H groups in total. The summed E-state index contributed by atoms with van der Waals surface area (Å²) >= 11 is 0. The Labute approximate surface area is 116 Å². The van der Waals surface area contributed by atoms with Crippen molar-refractivity contribution in [3.8, 4) is 11.3 Å². The van der Waals surface area contributed by atoms with Crippen LogP contribution in [0.5, 0.6) is 0 Å². The second-order valence-electron chi connectivity index (χ2n) is 4.73. The predicted octanol–water partition coefficient (Wildman–Crippen LogP) is 1.77. The van der Waals surface area contributed by atoms with Gasteiger partial charge < -0.3 is 10.6 Å². The van der Waals surface area contributed by atoms with Gasteiger partial charge in [-0.2, -0.15) is 0 Å². The number of hydrogen-bond donors (Lipinski definition) is 2. The lowest BCUT2D eigenvalue weighted by Crippen LogP contribution is -2.18. The van der Waals surface area contributed by atoms with E-state index in [1.54, 1.807) is 6.92 Å². The largest absolute Gasteiger partial charge is 0.371 e. The SMILES string of the molecule is CNc1nc(C)nnc1-c1ccc2c(c1)CCC(=O)N2. The molecule has 0 aliphatic carbocycles. The number of amides is 1. The minimum absolute atomic E-state index is 0.0676. The molecule has 0 fully saturated rings. The number of hydrogen-bond acceptors (Lipinski definition) is 5. The summed E-state index contributed by atoms with van der Waals surface area (Å²) in [7, 11) is 1.81. The van der Waals surface area contributed by atoms with Crippen molar-refractivity contribution in [1.29, 1.82) is 0 Å². The number of anilines is 2. The summed E-state index contributed by atoms with van der Waals surface area (Å²) in [5.41, 5.74) is 3.66. The molecule has 2 heterocycles. The van der Waals surface area contributed by atoms with Gasteiger partial charge in [-0.3, -0.25) is 4.79 Å². The molecule has 0 unspecified atom stereocenters. The number of nitrogens with one attached hydrogen (secondary N) is 2. The molecule has 2 aromatic rings. The Hall–Kier alpha value is -2.50. The molecule has 102 valence electrons. The fourth-order valence-corrected chi connectivity index (χ4v) is 2.31. The van der Waals surface area contributed by atoms with Gasteiger partial charge in [0.05, 0.1) is 0 Å². The van der Waals surface area contributed by atoms with E-state index in [0.717, 1.165) is 28.9 Å². The molecule has 0 saturated carbocycles. The maximum absolute atomic E-state index is 11.4. The maximum atomic E-state index is 11.4. The summed E-state index contributed by atoms with van der Waals surface area (Å²) in [6.45, 7) is 1.81. The highest BCUT2D eigenvalue weighted by atomic mass is 16.1. The van der Waals surface area contributed by atoms with Gasteiger partial charge in [0, 0.05) is 24.7 Å². The Morgan fingerprint density at radius 1 is 1.25 bits per heavy atom. The van der Waals surface area contributed by atoms with Gasteiger partial charge in [0.15, 0.2) is 5.82 Å². The van der Waals surface area contributed by atoms with Crippen molar-refractivity contribution in [1.82, 2.24) is 15.2 Å². The number of fused-ring (bicyclic) bond motifs is 1. The van der Waals surface area contributed by atoms with Crippen LogP contribution in [-0.2, 0) is 11.2 Å². The number of nitrogens with zero attached hydrogens (tertiary/aromatic N) is 3. The summed E-state index contributed by atoms with van der Waals surface area (Å²) in [5, 5.41) is 14.1. The van der Waals surface area contributed by atoms with Crippen molar-refractivity contribution in [2.75, 3.05) is 17.7 Å². The molecule has 1 aromatic heterocycles. The van der Waals surface area contributed by atoms with E-state index in [4.69, 9.17) is 0 Å². The molecule has 1 aliphatic rings. The third kappa shape index (κ3) is 2.20. The van der Waals surface area contributed by atoms with E-state index in [9.17, 15) is 4.79 Å². The van der Waals surface area contributed by atoms with Crippen LogP contribution in [0.1, 0.15) is 17.8 Å². The van der Waals surface area contributed by atoms with Crippen LogP contribution in [0.4, 0.5) is 11.5 Å². The fraction of sp³-hybridized carbons (Fsp3) is 0.286. The van der Waals surface area contributed by atoms with Crippen molar-refractivity contribution in [2.45, 2.75) is 19.8 Å². The number of carbonyl (C=O) groups is 1. The third-order valence-electron chi connectivity index (χ3n) is 3.30. The van der Waals surface area contributed by atoms with Gasteiger partial charge >= 0.3 is 0 Å². The number of benzene rings is 1. The van der Waals surface area contributed by atoms with Crippen molar-refractivity contribution in [3.63, 3.8) is 0 Å². The molecule has 0 atom stereocenters. The molecule has 20 heavy (non-hydrogen) atoms. The van der Waals surface area contributed by atoms with E-state index >= 15 is 0 Å². The third-order valence-corrected chi connectivity index (χ3v) is 3.30. The van der Waals surface area contributed by atoms with E-state index in [0.29, 0.717) is 18.1 Å². The standard InChI is InChI=1S/C14H15N5O/c1-8-16-14(15-2)13(19-18-8)10-3-5-11-9(7-10)4-6-12(20)17-11/h3,5,7H,4,6H2,1-2H3,(H,17,20)(H,15,16,18). The first-order chi connectivity index (χ1) is 9.67. The van der Waals surface area contributed by atoms with E-state index in [-0.39, 0.29) is 5.91 Å². The van der Waals surface area contributed by atoms with Crippen LogP contribution in [0.25, 0.3) is 11.3 Å². The number of aryl methyl sites for hydroxylation is 2. The average Bonchev–Trinajstić information content (AvgIpc) is 2.46. The van der Waals surface area contributed by atoms with E-state index < -0.39 is 0 Å². The molecule has 0 saturated heterocycles. The van der Waals surface area contributed by atoms with Crippen LogP contribution in [0, 0.1) is 6.92 Å². The van der Waals surface area contributed by atoms with E-state index in [2.05, 4.69) is 25.8 Å². The fourth-order valence-electron chi connectivity index (χ4n) is 2.31. The highest BCUT2D eigenvalue weighted by Crippen LogP contribution is 2.30. The van der Waals surface area contributed by atoms with Crippen LogP contribution in [0.15, 0.2) is 18.2 Å². The first-order valence-electron chi connectivity index (χ1n) is 6.49. The lowest BCUT2D eigenvalue weighted by Gasteiger charge is -2.17. The molecule has 6 heteroatoms. The van der Waals surface area contributed by atoms with E-state index in [1.807, 2.05) is 25.2 Å². The summed E-state index contributed by atoms with van der Waals surface area (Å²) in [4.78, 5) is 15.7.